The second-order valence-corrected chi connectivity index (χ2v) is 8.16. The number of ether oxygens (including phenoxy) is 1. The van der Waals surface area contributed by atoms with E-state index >= 15 is 0 Å². The number of halogens is 1. The Morgan fingerprint density at radius 1 is 1.18 bits per heavy atom. The molecule has 1 aromatic carbocycles. The summed E-state index contributed by atoms with van der Waals surface area (Å²) in [5.41, 5.74) is 1.25. The summed E-state index contributed by atoms with van der Waals surface area (Å²) < 4.78 is 5.82. The first-order valence-corrected chi connectivity index (χ1v) is 10.6. The van der Waals surface area contributed by atoms with Gasteiger partial charge >= 0.3 is 0 Å². The monoisotopic (exact) mass is 401 g/mol. The number of hydrogen-bond donors (Lipinski definition) is 1. The Hall–Kier alpha value is -2.07. The van der Waals surface area contributed by atoms with Crippen LogP contribution in [0.15, 0.2) is 36.0 Å². The molecule has 0 bridgehead atoms. The average molecular weight is 402 g/mol. The molecule has 1 saturated heterocycles. The van der Waals surface area contributed by atoms with Crippen LogP contribution in [0.5, 0.6) is 5.75 Å². The van der Waals surface area contributed by atoms with Gasteiger partial charge in [-0.05, 0) is 42.5 Å². The van der Waals surface area contributed by atoms with Gasteiger partial charge in [0.05, 0.1) is 23.6 Å². The minimum absolute atomic E-state index is 0.125. The molecular formula is C23H28ClNO3. The van der Waals surface area contributed by atoms with Crippen molar-refractivity contribution in [1.29, 1.82) is 0 Å². The van der Waals surface area contributed by atoms with E-state index in [9.17, 15) is 9.59 Å². The van der Waals surface area contributed by atoms with Gasteiger partial charge in [0.15, 0.2) is 5.78 Å². The number of hydrogen-bond acceptors (Lipinski definition) is 3. The smallest absolute Gasteiger partial charge is 0.259 e. The minimum Gasteiger partial charge on any atom is -0.492 e. The van der Waals surface area contributed by atoms with Gasteiger partial charge in [-0.2, -0.15) is 0 Å². The highest BCUT2D eigenvalue weighted by molar-refractivity contribution is 6.32. The summed E-state index contributed by atoms with van der Waals surface area (Å²) in [7, 11) is 0. The number of piperidine rings is 1. The van der Waals surface area contributed by atoms with Crippen LogP contribution in [0.1, 0.15) is 63.4 Å². The van der Waals surface area contributed by atoms with E-state index in [2.05, 4.69) is 11.9 Å². The Morgan fingerprint density at radius 3 is 2.68 bits per heavy atom. The fraction of sp³-hybridized carbons (Fsp3) is 0.478. The molecule has 3 rings (SSSR count). The molecule has 1 heterocycles. The number of carbonyl (C=O) groups is 2. The number of ketones is 1. The van der Waals surface area contributed by atoms with Crippen LogP contribution in [0.25, 0.3) is 6.08 Å². The standard InChI is InChI=1S/C23H28ClNO3/c1-16-13-21(26)19(23(27)25-16)14-18-10-11-22(20(24)15-18)28-12-6-5-9-17-7-3-2-4-8-17/h10-11,14-15,17H,1-9,12-13H2,(H,25,27)/b19-14+. The molecule has 2 fully saturated rings. The Morgan fingerprint density at radius 2 is 1.96 bits per heavy atom. The van der Waals surface area contributed by atoms with Crippen LogP contribution in [-0.2, 0) is 9.59 Å². The van der Waals surface area contributed by atoms with E-state index in [1.165, 1.54) is 44.9 Å². The predicted molar refractivity (Wildman–Crippen MR) is 112 cm³/mol. The van der Waals surface area contributed by atoms with Crippen LogP contribution in [0.4, 0.5) is 0 Å². The Labute approximate surface area is 172 Å². The number of benzene rings is 1. The lowest BCUT2D eigenvalue weighted by atomic mass is 9.86. The van der Waals surface area contributed by atoms with E-state index in [1.807, 2.05) is 0 Å². The van der Waals surface area contributed by atoms with Gasteiger partial charge in [-0.1, -0.05) is 62.8 Å². The van der Waals surface area contributed by atoms with Gasteiger partial charge in [0.25, 0.3) is 5.91 Å². The van der Waals surface area contributed by atoms with Crippen LogP contribution < -0.4 is 10.1 Å². The van der Waals surface area contributed by atoms with Gasteiger partial charge in [-0.3, -0.25) is 9.59 Å². The topological polar surface area (TPSA) is 55.4 Å². The van der Waals surface area contributed by atoms with Crippen LogP contribution in [-0.4, -0.2) is 18.3 Å². The number of nitrogens with one attached hydrogen (secondary N) is 1. The molecule has 4 nitrogen and oxygen atoms in total. The number of carbonyl (C=O) groups excluding carboxylic acids is 2. The van der Waals surface area contributed by atoms with E-state index in [-0.39, 0.29) is 17.8 Å². The molecule has 1 N–H and O–H groups in total. The fourth-order valence-corrected chi connectivity index (χ4v) is 4.16. The van der Waals surface area contributed by atoms with Crippen LogP contribution in [0.3, 0.4) is 0 Å². The molecule has 1 amide bonds. The van der Waals surface area contributed by atoms with Crippen molar-refractivity contribution >= 4 is 29.4 Å². The van der Waals surface area contributed by atoms with Crippen molar-refractivity contribution < 1.29 is 14.3 Å². The lowest BCUT2D eigenvalue weighted by Crippen LogP contribution is -2.34. The average Bonchev–Trinajstić information content (AvgIpc) is 2.66. The molecule has 0 atom stereocenters. The molecule has 1 aliphatic heterocycles. The highest BCUT2D eigenvalue weighted by Gasteiger charge is 2.25. The summed E-state index contributed by atoms with van der Waals surface area (Å²) in [5.74, 6) is 0.884. The Kier molecular flexibility index (Phi) is 7.32. The Bertz CT molecular complexity index is 756. The zero-order valence-corrected chi connectivity index (χ0v) is 17.0. The van der Waals surface area contributed by atoms with Gasteiger partial charge in [-0.25, -0.2) is 0 Å². The molecule has 0 aromatic heterocycles. The largest absolute Gasteiger partial charge is 0.492 e. The van der Waals surface area contributed by atoms with Crippen molar-refractivity contribution in [3.63, 3.8) is 0 Å². The quantitative estimate of drug-likeness (QED) is 0.375. The van der Waals surface area contributed by atoms with Crippen molar-refractivity contribution in [3.05, 3.63) is 46.6 Å². The summed E-state index contributed by atoms with van der Waals surface area (Å²) in [5, 5.41) is 3.07. The molecule has 150 valence electrons. The number of allylic oxidation sites excluding steroid dienone is 1. The summed E-state index contributed by atoms with van der Waals surface area (Å²) in [6.45, 7) is 4.28. The first-order chi connectivity index (χ1) is 13.5. The number of rotatable bonds is 7. The predicted octanol–water partition coefficient (Wildman–Crippen LogP) is 5.46. The van der Waals surface area contributed by atoms with Gasteiger partial charge in [0, 0.05) is 5.70 Å². The molecular weight excluding hydrogens is 374 g/mol. The molecule has 1 aliphatic carbocycles. The SMILES string of the molecule is C=C1CC(=O)/C(=C\c2ccc(OCCCCC3CCCCC3)c(Cl)c2)C(=O)N1. The molecule has 0 spiro atoms. The van der Waals surface area contributed by atoms with Crippen LogP contribution in [0, 0.1) is 5.92 Å². The van der Waals surface area contributed by atoms with E-state index < -0.39 is 5.91 Å². The first kappa shape index (κ1) is 20.7. The third-order valence-corrected chi connectivity index (χ3v) is 5.76. The zero-order valence-electron chi connectivity index (χ0n) is 16.3. The van der Waals surface area contributed by atoms with Gasteiger partial charge in [0.1, 0.15) is 5.75 Å². The van der Waals surface area contributed by atoms with Crippen molar-refractivity contribution in [2.24, 2.45) is 5.92 Å². The fourth-order valence-electron chi connectivity index (χ4n) is 3.92. The first-order valence-electron chi connectivity index (χ1n) is 10.2. The molecule has 2 aliphatic rings. The van der Waals surface area contributed by atoms with Gasteiger partial charge in [0.2, 0.25) is 0 Å². The molecule has 0 radical (unpaired) electrons. The summed E-state index contributed by atoms with van der Waals surface area (Å²) in [6, 6.07) is 5.32. The second kappa shape index (κ2) is 9.92. The lowest BCUT2D eigenvalue weighted by Gasteiger charge is -2.21. The molecule has 0 unspecified atom stereocenters. The van der Waals surface area contributed by atoms with Crippen LogP contribution >= 0.6 is 11.6 Å². The lowest BCUT2D eigenvalue weighted by molar-refractivity contribution is -0.123. The third-order valence-electron chi connectivity index (χ3n) is 5.47. The third kappa shape index (κ3) is 5.71. The highest BCUT2D eigenvalue weighted by atomic mass is 35.5. The van der Waals surface area contributed by atoms with Crippen molar-refractivity contribution in [3.8, 4) is 5.75 Å². The highest BCUT2D eigenvalue weighted by Crippen LogP contribution is 2.29. The molecule has 1 aromatic rings. The van der Waals surface area contributed by atoms with Crippen molar-refractivity contribution in [1.82, 2.24) is 5.32 Å². The normalized spacial score (nSPS) is 19.8. The second-order valence-electron chi connectivity index (χ2n) is 7.75. The van der Waals surface area contributed by atoms with Crippen molar-refractivity contribution in [2.45, 2.75) is 57.8 Å². The number of unbranched alkanes of at least 4 members (excludes halogenated alkanes) is 1. The maximum absolute atomic E-state index is 12.0. The maximum atomic E-state index is 12.0. The zero-order chi connectivity index (χ0) is 19.9. The minimum atomic E-state index is -0.421. The van der Waals surface area contributed by atoms with Crippen LogP contribution in [0.2, 0.25) is 5.02 Å². The van der Waals surface area contributed by atoms with Gasteiger partial charge < -0.3 is 10.1 Å². The van der Waals surface area contributed by atoms with E-state index in [1.54, 1.807) is 24.3 Å². The van der Waals surface area contributed by atoms with E-state index in [4.69, 9.17) is 16.3 Å². The summed E-state index contributed by atoms with van der Waals surface area (Å²) in [6.07, 6.45) is 12.2. The summed E-state index contributed by atoms with van der Waals surface area (Å²) in [4.78, 5) is 24.0. The van der Waals surface area contributed by atoms with Crippen molar-refractivity contribution in [2.75, 3.05) is 6.61 Å². The van der Waals surface area contributed by atoms with Gasteiger partial charge in [-0.15, -0.1) is 0 Å². The number of amides is 1. The molecule has 28 heavy (non-hydrogen) atoms. The molecule has 1 saturated carbocycles. The van der Waals surface area contributed by atoms with E-state index in [0.29, 0.717) is 28.6 Å². The molecule has 5 heteroatoms. The van der Waals surface area contributed by atoms with E-state index in [0.717, 1.165) is 12.3 Å². The number of Topliss-reactive ketones (excluding diaryl/α,β-unsaturated/α-hetero) is 1. The Balaban J connectivity index is 1.49. The maximum Gasteiger partial charge on any atom is 0.259 e. The summed E-state index contributed by atoms with van der Waals surface area (Å²) >= 11 is 6.32.